The van der Waals surface area contributed by atoms with E-state index in [0.29, 0.717) is 0 Å². The summed E-state index contributed by atoms with van der Waals surface area (Å²) in [6, 6.07) is -1.64. The molecule has 0 unspecified atom stereocenters. The molecule has 0 aromatic heterocycles. The second kappa shape index (κ2) is 9.53. The van der Waals surface area contributed by atoms with Gasteiger partial charge in [0.1, 0.15) is 12.1 Å². The Hall–Kier alpha value is -2.36. The van der Waals surface area contributed by atoms with Gasteiger partial charge in [0.05, 0.1) is 0 Å². The minimum absolute atomic E-state index is 0.267. The van der Waals surface area contributed by atoms with Crippen molar-refractivity contribution in [3.63, 3.8) is 0 Å². The molecule has 10 nitrogen and oxygen atoms in total. The topological polar surface area (TPSA) is 173 Å². The number of hydrogen-bond acceptors (Lipinski definition) is 5. The van der Waals surface area contributed by atoms with Gasteiger partial charge in [-0.25, -0.2) is 9.59 Å². The Morgan fingerprint density at radius 2 is 1.76 bits per heavy atom. The molecule has 6 N–H and O–H groups in total. The standard InChI is InChI=1S/C6H9NO6.C5H9NO2/c8-4(9)2-1-3(5(10)11)7-6(12)13;7-5(8)4-2-1-3-6-4/h3,7H,1-2H2,(H,8,9)(H,10,11)(H,12,13);4,6H,1-3H2,(H,7,8)/t3-;4-/m00/s1. The third-order valence-corrected chi connectivity index (χ3v) is 2.60. The Kier molecular flexibility index (Phi) is 8.46. The van der Waals surface area contributed by atoms with Crippen molar-refractivity contribution < 1.29 is 39.6 Å². The number of aliphatic carboxylic acids is 3. The van der Waals surface area contributed by atoms with Gasteiger partial charge in [0.25, 0.3) is 0 Å². The van der Waals surface area contributed by atoms with Crippen LogP contribution >= 0.6 is 0 Å². The first-order valence-electron chi connectivity index (χ1n) is 6.14. The number of carbonyl (C=O) groups is 4. The van der Waals surface area contributed by atoms with Gasteiger partial charge in [0.15, 0.2) is 0 Å². The zero-order chi connectivity index (χ0) is 16.4. The van der Waals surface area contributed by atoms with E-state index >= 15 is 0 Å². The summed E-state index contributed by atoms with van der Waals surface area (Å²) in [6.07, 6.45) is -0.363. The lowest BCUT2D eigenvalue weighted by atomic mass is 10.1. The van der Waals surface area contributed by atoms with Crippen LogP contribution in [0.4, 0.5) is 4.79 Å². The molecular weight excluding hydrogens is 288 g/mol. The number of nitrogens with one attached hydrogen (secondary N) is 2. The van der Waals surface area contributed by atoms with Crippen molar-refractivity contribution >= 4 is 24.0 Å². The Balaban J connectivity index is 0.000000423. The molecule has 0 aliphatic carbocycles. The molecule has 2 atom stereocenters. The zero-order valence-corrected chi connectivity index (χ0v) is 11.1. The van der Waals surface area contributed by atoms with E-state index in [9.17, 15) is 19.2 Å². The summed E-state index contributed by atoms with van der Waals surface area (Å²) < 4.78 is 0. The number of carboxylic acid groups (broad SMARTS) is 4. The van der Waals surface area contributed by atoms with Gasteiger partial charge in [-0.15, -0.1) is 0 Å². The second-order valence-electron chi connectivity index (χ2n) is 4.26. The predicted molar refractivity (Wildman–Crippen MR) is 68.1 cm³/mol. The van der Waals surface area contributed by atoms with Gasteiger partial charge in [-0.2, -0.15) is 0 Å². The highest BCUT2D eigenvalue weighted by Crippen LogP contribution is 2.03. The number of carboxylic acids is 3. The molecule has 0 spiro atoms. The highest BCUT2D eigenvalue weighted by Gasteiger charge is 2.20. The third-order valence-electron chi connectivity index (χ3n) is 2.60. The van der Waals surface area contributed by atoms with Crippen LogP contribution in [0.3, 0.4) is 0 Å². The zero-order valence-electron chi connectivity index (χ0n) is 11.1. The molecule has 0 bridgehead atoms. The smallest absolute Gasteiger partial charge is 0.405 e. The largest absolute Gasteiger partial charge is 0.481 e. The van der Waals surface area contributed by atoms with Gasteiger partial charge in [-0.1, -0.05) is 0 Å². The van der Waals surface area contributed by atoms with Crippen LogP contribution in [-0.4, -0.2) is 63.1 Å². The lowest BCUT2D eigenvalue weighted by molar-refractivity contribution is -0.141. The summed E-state index contributed by atoms with van der Waals surface area (Å²) in [5.74, 6) is -3.27. The third kappa shape index (κ3) is 9.21. The monoisotopic (exact) mass is 306 g/mol. The number of amides is 1. The van der Waals surface area contributed by atoms with Crippen molar-refractivity contribution in [2.24, 2.45) is 0 Å². The molecule has 21 heavy (non-hydrogen) atoms. The first-order chi connectivity index (χ1) is 9.73. The molecule has 1 aliphatic heterocycles. The molecule has 10 heteroatoms. The van der Waals surface area contributed by atoms with Crippen molar-refractivity contribution in [1.29, 1.82) is 0 Å². The van der Waals surface area contributed by atoms with Gasteiger partial charge in [0, 0.05) is 6.42 Å². The first kappa shape index (κ1) is 18.6. The Morgan fingerprint density at radius 1 is 1.14 bits per heavy atom. The maximum atomic E-state index is 10.3. The fourth-order valence-corrected chi connectivity index (χ4v) is 1.57. The van der Waals surface area contributed by atoms with Crippen molar-refractivity contribution in [3.05, 3.63) is 0 Å². The quantitative estimate of drug-likeness (QED) is 0.374. The molecule has 0 aromatic carbocycles. The highest BCUT2D eigenvalue weighted by atomic mass is 16.4. The van der Waals surface area contributed by atoms with Crippen LogP contribution in [0.1, 0.15) is 25.7 Å². The average Bonchev–Trinajstić information content (AvgIpc) is 2.88. The van der Waals surface area contributed by atoms with E-state index in [1.807, 2.05) is 0 Å². The van der Waals surface area contributed by atoms with Crippen LogP contribution in [0.5, 0.6) is 0 Å². The van der Waals surface area contributed by atoms with Gasteiger partial charge in [-0.05, 0) is 25.8 Å². The van der Waals surface area contributed by atoms with Gasteiger partial charge in [-0.3, -0.25) is 9.59 Å². The molecule has 1 fully saturated rings. The summed E-state index contributed by atoms with van der Waals surface area (Å²) in [6.45, 7) is 0.858. The van der Waals surface area contributed by atoms with Crippen molar-refractivity contribution in [2.45, 2.75) is 37.8 Å². The molecule has 0 saturated carbocycles. The Bertz CT molecular complexity index is 392. The van der Waals surface area contributed by atoms with Crippen molar-refractivity contribution in [2.75, 3.05) is 6.54 Å². The molecule has 0 aromatic rings. The van der Waals surface area contributed by atoms with Gasteiger partial charge < -0.3 is 31.1 Å². The van der Waals surface area contributed by atoms with Crippen molar-refractivity contribution in [1.82, 2.24) is 10.6 Å². The normalized spacial score (nSPS) is 18.0. The molecule has 1 rings (SSSR count). The molecule has 1 amide bonds. The van der Waals surface area contributed by atoms with Crippen LogP contribution in [-0.2, 0) is 14.4 Å². The summed E-state index contributed by atoms with van der Waals surface area (Å²) in [5, 5.41) is 37.7. The fourth-order valence-electron chi connectivity index (χ4n) is 1.57. The van der Waals surface area contributed by atoms with E-state index in [4.69, 9.17) is 20.4 Å². The maximum Gasteiger partial charge on any atom is 0.405 e. The predicted octanol–water partition coefficient (Wildman–Crippen LogP) is -0.605. The first-order valence-corrected chi connectivity index (χ1v) is 6.14. The average molecular weight is 306 g/mol. The fraction of sp³-hybridized carbons (Fsp3) is 0.636. The SMILES string of the molecule is O=C(O)CC[C@H](NC(=O)O)C(=O)O.O=C(O)[C@@H]1CCCN1. The molecule has 120 valence electrons. The van der Waals surface area contributed by atoms with E-state index in [1.165, 1.54) is 0 Å². The lowest BCUT2D eigenvalue weighted by Crippen LogP contribution is -2.40. The lowest BCUT2D eigenvalue weighted by Gasteiger charge is -2.09. The minimum Gasteiger partial charge on any atom is -0.481 e. The van der Waals surface area contributed by atoms with E-state index in [-0.39, 0.29) is 12.5 Å². The number of rotatable bonds is 6. The molecular formula is C11H18N2O8. The van der Waals surface area contributed by atoms with Crippen molar-refractivity contribution in [3.8, 4) is 0 Å². The maximum absolute atomic E-state index is 10.3. The molecule has 1 heterocycles. The molecule has 0 radical (unpaired) electrons. The number of hydrogen-bond donors (Lipinski definition) is 6. The van der Waals surface area contributed by atoms with E-state index in [0.717, 1.165) is 19.4 Å². The van der Waals surface area contributed by atoms with Crippen LogP contribution < -0.4 is 10.6 Å². The minimum atomic E-state index is -1.49. The van der Waals surface area contributed by atoms with Crippen LogP contribution in [0.25, 0.3) is 0 Å². The summed E-state index contributed by atoms with van der Waals surface area (Å²) in [7, 11) is 0. The second-order valence-corrected chi connectivity index (χ2v) is 4.26. The van der Waals surface area contributed by atoms with Gasteiger partial charge in [0.2, 0.25) is 0 Å². The summed E-state index contributed by atoms with van der Waals surface area (Å²) >= 11 is 0. The van der Waals surface area contributed by atoms with Crippen LogP contribution in [0.2, 0.25) is 0 Å². The Labute approximate surface area is 119 Å². The molecule has 1 saturated heterocycles. The van der Waals surface area contributed by atoms with Crippen LogP contribution in [0.15, 0.2) is 0 Å². The highest BCUT2D eigenvalue weighted by molar-refractivity contribution is 5.79. The van der Waals surface area contributed by atoms with E-state index < -0.39 is 36.5 Å². The Morgan fingerprint density at radius 3 is 2.05 bits per heavy atom. The van der Waals surface area contributed by atoms with E-state index in [1.54, 1.807) is 5.32 Å². The summed E-state index contributed by atoms with van der Waals surface area (Å²) in [4.78, 5) is 40.5. The summed E-state index contributed by atoms with van der Waals surface area (Å²) in [5.41, 5.74) is 0. The van der Waals surface area contributed by atoms with E-state index in [2.05, 4.69) is 5.32 Å². The molecule has 1 aliphatic rings. The van der Waals surface area contributed by atoms with Gasteiger partial charge >= 0.3 is 24.0 Å². The van der Waals surface area contributed by atoms with Crippen LogP contribution in [0, 0.1) is 0 Å².